The van der Waals surface area contributed by atoms with Crippen molar-refractivity contribution in [3.05, 3.63) is 17.5 Å². The highest BCUT2D eigenvalue weighted by Crippen LogP contribution is 2.09. The third-order valence-corrected chi connectivity index (χ3v) is 3.20. The Hall–Kier alpha value is -1.01. The van der Waals surface area contributed by atoms with Crippen molar-refractivity contribution in [1.29, 1.82) is 0 Å². The smallest absolute Gasteiger partial charge is 0.249 e. The molecule has 1 heterocycles. The van der Waals surface area contributed by atoms with Gasteiger partial charge in [-0.15, -0.1) is 0 Å². The quantitative estimate of drug-likeness (QED) is 0.759. The number of thioether (sulfide) groups is 1. The van der Waals surface area contributed by atoms with Crippen LogP contribution in [0.5, 0.6) is 0 Å². The van der Waals surface area contributed by atoms with Gasteiger partial charge in [0.1, 0.15) is 6.10 Å². The molecule has 19 heavy (non-hydrogen) atoms. The lowest BCUT2D eigenvalue weighted by molar-refractivity contribution is -0.129. The minimum absolute atomic E-state index is 0.264. The number of hydrogen-bond donors (Lipinski definition) is 2. The predicted molar refractivity (Wildman–Crippen MR) is 75.9 cm³/mol. The Morgan fingerprint density at radius 1 is 1.58 bits per heavy atom. The molecule has 0 aliphatic carbocycles. The van der Waals surface area contributed by atoms with Crippen molar-refractivity contribution in [3.63, 3.8) is 0 Å². The number of hydrogen-bond acceptors (Lipinski definition) is 5. The van der Waals surface area contributed by atoms with Crippen molar-refractivity contribution in [1.82, 2.24) is 10.5 Å². The monoisotopic (exact) mass is 286 g/mol. The highest BCUT2D eigenvalue weighted by molar-refractivity contribution is 7.98. The molecule has 1 aromatic rings. The number of aliphatic hydroxyl groups is 1. The van der Waals surface area contributed by atoms with Crippen LogP contribution in [0.1, 0.15) is 31.7 Å². The van der Waals surface area contributed by atoms with Gasteiger partial charge in [-0.05, 0) is 30.8 Å². The van der Waals surface area contributed by atoms with Crippen LogP contribution >= 0.6 is 11.8 Å². The lowest BCUT2D eigenvalue weighted by atomic mass is 10.1. The minimum atomic E-state index is -0.953. The largest absolute Gasteiger partial charge is 0.383 e. The fourth-order valence-electron chi connectivity index (χ4n) is 1.61. The average Bonchev–Trinajstić information content (AvgIpc) is 2.79. The first kappa shape index (κ1) is 16.0. The maximum atomic E-state index is 11.6. The molecule has 0 aromatic carbocycles. The summed E-state index contributed by atoms with van der Waals surface area (Å²) in [6.45, 7) is 4.48. The number of carbonyl (C=O) groups is 1. The lowest BCUT2D eigenvalue weighted by Gasteiger charge is -2.09. The number of aliphatic hydroxyl groups excluding tert-OH is 1. The zero-order chi connectivity index (χ0) is 14.3. The van der Waals surface area contributed by atoms with E-state index in [2.05, 4.69) is 24.3 Å². The van der Waals surface area contributed by atoms with E-state index in [0.29, 0.717) is 18.1 Å². The van der Waals surface area contributed by atoms with Crippen molar-refractivity contribution in [2.45, 2.75) is 39.3 Å². The van der Waals surface area contributed by atoms with E-state index in [1.807, 2.05) is 12.3 Å². The highest BCUT2D eigenvalue weighted by atomic mass is 32.2. The van der Waals surface area contributed by atoms with Gasteiger partial charge in [0, 0.05) is 6.07 Å². The molecule has 108 valence electrons. The van der Waals surface area contributed by atoms with Gasteiger partial charge in [0.05, 0.1) is 12.2 Å². The van der Waals surface area contributed by atoms with Crippen LogP contribution in [0.3, 0.4) is 0 Å². The van der Waals surface area contributed by atoms with Gasteiger partial charge < -0.3 is 14.9 Å². The molecular formula is C13H22N2O3S. The molecule has 0 unspecified atom stereocenters. The van der Waals surface area contributed by atoms with E-state index in [-0.39, 0.29) is 12.5 Å². The van der Waals surface area contributed by atoms with Crippen molar-refractivity contribution < 1.29 is 14.4 Å². The molecule has 0 bridgehead atoms. The van der Waals surface area contributed by atoms with Gasteiger partial charge >= 0.3 is 0 Å². The van der Waals surface area contributed by atoms with Crippen molar-refractivity contribution in [2.75, 3.05) is 12.0 Å². The first-order valence-electron chi connectivity index (χ1n) is 6.42. The van der Waals surface area contributed by atoms with Crippen LogP contribution < -0.4 is 5.32 Å². The molecule has 2 N–H and O–H groups in total. The number of nitrogens with zero attached hydrogens (tertiary/aromatic N) is 1. The number of amides is 1. The van der Waals surface area contributed by atoms with E-state index in [4.69, 9.17) is 4.52 Å². The van der Waals surface area contributed by atoms with Crippen LogP contribution in [-0.4, -0.2) is 34.3 Å². The molecule has 1 amide bonds. The molecule has 1 atom stereocenters. The van der Waals surface area contributed by atoms with Crippen molar-refractivity contribution in [2.24, 2.45) is 5.92 Å². The summed E-state index contributed by atoms with van der Waals surface area (Å²) in [5.74, 6) is 1.52. The van der Waals surface area contributed by atoms with Gasteiger partial charge in [-0.1, -0.05) is 19.0 Å². The van der Waals surface area contributed by atoms with E-state index in [1.165, 1.54) is 0 Å². The molecule has 0 saturated heterocycles. The maximum Gasteiger partial charge on any atom is 0.249 e. The molecule has 1 aromatic heterocycles. The molecule has 0 aliphatic heterocycles. The number of rotatable bonds is 8. The fraction of sp³-hybridized carbons (Fsp3) is 0.692. The molecule has 6 heteroatoms. The Labute approximate surface area is 118 Å². The Morgan fingerprint density at radius 2 is 2.32 bits per heavy atom. The van der Waals surface area contributed by atoms with Gasteiger partial charge in [-0.3, -0.25) is 4.79 Å². The van der Waals surface area contributed by atoms with Crippen LogP contribution in [0, 0.1) is 5.92 Å². The SMILES string of the molecule is CSCC[C@H](O)C(=O)NCc1cc(CC(C)C)no1. The molecule has 0 saturated carbocycles. The predicted octanol–water partition coefficient (Wildman–Crippen LogP) is 1.60. The van der Waals surface area contributed by atoms with Gasteiger partial charge in [-0.25, -0.2) is 0 Å². The van der Waals surface area contributed by atoms with Crippen LogP contribution in [0.2, 0.25) is 0 Å². The summed E-state index contributed by atoms with van der Waals surface area (Å²) in [6, 6.07) is 1.84. The van der Waals surface area contributed by atoms with Crippen LogP contribution in [0.4, 0.5) is 0 Å². The second-order valence-corrected chi connectivity index (χ2v) is 5.88. The molecule has 5 nitrogen and oxygen atoms in total. The normalized spacial score (nSPS) is 12.7. The maximum absolute atomic E-state index is 11.6. The summed E-state index contributed by atoms with van der Waals surface area (Å²) >= 11 is 1.60. The summed E-state index contributed by atoms with van der Waals surface area (Å²) < 4.78 is 5.13. The minimum Gasteiger partial charge on any atom is -0.383 e. The first-order chi connectivity index (χ1) is 9.02. The first-order valence-corrected chi connectivity index (χ1v) is 7.81. The number of aromatic nitrogens is 1. The van der Waals surface area contributed by atoms with Crippen molar-refractivity contribution >= 4 is 17.7 Å². The third-order valence-electron chi connectivity index (χ3n) is 2.56. The lowest BCUT2D eigenvalue weighted by Crippen LogP contribution is -2.34. The molecule has 1 rings (SSSR count). The van der Waals surface area contributed by atoms with Crippen LogP contribution in [0.15, 0.2) is 10.6 Å². The second kappa shape index (κ2) is 8.22. The van der Waals surface area contributed by atoms with E-state index in [1.54, 1.807) is 11.8 Å². The molecule has 0 fully saturated rings. The highest BCUT2D eigenvalue weighted by Gasteiger charge is 2.15. The molecule has 0 radical (unpaired) electrons. The van der Waals surface area contributed by atoms with Gasteiger partial charge in [0.15, 0.2) is 5.76 Å². The van der Waals surface area contributed by atoms with E-state index < -0.39 is 6.10 Å². The van der Waals surface area contributed by atoms with E-state index in [0.717, 1.165) is 17.9 Å². The van der Waals surface area contributed by atoms with Crippen molar-refractivity contribution in [3.8, 4) is 0 Å². The zero-order valence-electron chi connectivity index (χ0n) is 11.7. The van der Waals surface area contributed by atoms with Crippen LogP contribution in [0.25, 0.3) is 0 Å². The van der Waals surface area contributed by atoms with Gasteiger partial charge in [-0.2, -0.15) is 11.8 Å². The third kappa shape index (κ3) is 6.11. The Balaban J connectivity index is 2.35. The van der Waals surface area contributed by atoms with E-state index >= 15 is 0 Å². The molecular weight excluding hydrogens is 264 g/mol. The van der Waals surface area contributed by atoms with Gasteiger partial charge in [0.2, 0.25) is 5.91 Å². The Bertz CT molecular complexity index is 393. The Kier molecular flexibility index (Phi) is 6.94. The summed E-state index contributed by atoms with van der Waals surface area (Å²) in [7, 11) is 0. The number of carbonyl (C=O) groups excluding carboxylic acids is 1. The number of nitrogens with one attached hydrogen (secondary N) is 1. The zero-order valence-corrected chi connectivity index (χ0v) is 12.5. The summed E-state index contributed by atoms with van der Waals surface area (Å²) in [4.78, 5) is 11.6. The molecule has 0 spiro atoms. The van der Waals surface area contributed by atoms with Crippen LogP contribution in [-0.2, 0) is 17.8 Å². The second-order valence-electron chi connectivity index (χ2n) is 4.90. The topological polar surface area (TPSA) is 75.4 Å². The standard InChI is InChI=1S/C13H22N2O3S/c1-9(2)6-10-7-11(18-15-10)8-14-13(17)12(16)4-5-19-3/h7,9,12,16H,4-6,8H2,1-3H3,(H,14,17)/t12-/m0/s1. The summed E-state index contributed by atoms with van der Waals surface area (Å²) in [5, 5.41) is 16.2. The summed E-state index contributed by atoms with van der Waals surface area (Å²) in [6.07, 6.45) is 2.30. The Morgan fingerprint density at radius 3 is 2.95 bits per heavy atom. The average molecular weight is 286 g/mol. The molecule has 0 aliphatic rings. The summed E-state index contributed by atoms with van der Waals surface area (Å²) in [5.41, 5.74) is 0.891. The van der Waals surface area contributed by atoms with Gasteiger partial charge in [0.25, 0.3) is 0 Å². The van der Waals surface area contributed by atoms with E-state index in [9.17, 15) is 9.90 Å². The fourth-order valence-corrected chi connectivity index (χ4v) is 2.07.